The minimum atomic E-state index is -0.508. The Morgan fingerprint density at radius 2 is 2.00 bits per heavy atom. The minimum absolute atomic E-state index is 0.0262. The summed E-state index contributed by atoms with van der Waals surface area (Å²) in [5, 5.41) is 11.6. The Kier molecular flexibility index (Phi) is 6.33. The van der Waals surface area contributed by atoms with Crippen LogP contribution >= 0.6 is 23.2 Å². The highest BCUT2D eigenvalue weighted by molar-refractivity contribution is 6.35. The van der Waals surface area contributed by atoms with Crippen molar-refractivity contribution in [1.29, 1.82) is 0 Å². The lowest BCUT2D eigenvalue weighted by Crippen LogP contribution is -2.40. The minimum Gasteiger partial charge on any atom is -0.378 e. The van der Waals surface area contributed by atoms with Gasteiger partial charge in [0.1, 0.15) is 14.1 Å². The SMILES string of the molecule is [B]c1cnc2c(c1)CCc1cc(Cl)cc(Cl)c1C2C1=CCN(C(O)CCN)CC1. The van der Waals surface area contributed by atoms with E-state index in [2.05, 4.69) is 11.0 Å². The van der Waals surface area contributed by atoms with Crippen molar-refractivity contribution >= 4 is 36.5 Å². The van der Waals surface area contributed by atoms with Gasteiger partial charge in [-0.2, -0.15) is 0 Å². The Labute approximate surface area is 183 Å². The fourth-order valence-electron chi connectivity index (χ4n) is 4.50. The van der Waals surface area contributed by atoms with Gasteiger partial charge in [0.2, 0.25) is 0 Å². The van der Waals surface area contributed by atoms with Crippen LogP contribution in [-0.2, 0) is 12.8 Å². The molecule has 29 heavy (non-hydrogen) atoms. The normalized spacial score (nSPS) is 20.4. The molecule has 150 valence electrons. The standard InChI is InChI=1S/C22H24BCl2N3O/c23-16-9-15-2-1-14-10-17(24)11-18(25)20(14)21(22(15)27-12-16)13-4-7-28(8-5-13)19(29)3-6-26/h4,9-12,19,21,29H,1-3,5-8,26H2. The Morgan fingerprint density at radius 1 is 1.21 bits per heavy atom. The van der Waals surface area contributed by atoms with E-state index in [-0.39, 0.29) is 5.92 Å². The molecule has 2 heterocycles. The third-order valence-electron chi connectivity index (χ3n) is 5.92. The lowest BCUT2D eigenvalue weighted by atomic mass is 9.81. The number of benzene rings is 1. The highest BCUT2D eigenvalue weighted by Gasteiger charge is 2.32. The Bertz CT molecular complexity index is 950. The first-order valence-electron chi connectivity index (χ1n) is 10.0. The van der Waals surface area contributed by atoms with E-state index in [0.717, 1.165) is 48.2 Å². The molecule has 0 saturated carbocycles. The van der Waals surface area contributed by atoms with Crippen molar-refractivity contribution in [2.75, 3.05) is 19.6 Å². The van der Waals surface area contributed by atoms with Crippen molar-refractivity contribution in [3.63, 3.8) is 0 Å². The summed E-state index contributed by atoms with van der Waals surface area (Å²) in [7, 11) is 6.03. The second-order valence-electron chi connectivity index (χ2n) is 7.79. The molecule has 2 atom stereocenters. The number of nitrogens with two attached hydrogens (primary N) is 1. The summed E-state index contributed by atoms with van der Waals surface area (Å²) in [6.45, 7) is 1.92. The molecule has 3 N–H and O–H groups in total. The third kappa shape index (κ3) is 4.26. The molecule has 2 aliphatic rings. The number of hydrogen-bond donors (Lipinski definition) is 2. The average molecular weight is 428 g/mol. The second-order valence-corrected chi connectivity index (χ2v) is 8.63. The molecule has 4 rings (SSSR count). The maximum atomic E-state index is 10.3. The summed E-state index contributed by atoms with van der Waals surface area (Å²) < 4.78 is 0. The van der Waals surface area contributed by atoms with Gasteiger partial charge in [0.25, 0.3) is 0 Å². The molecule has 0 saturated heterocycles. The summed E-state index contributed by atoms with van der Waals surface area (Å²) in [5.74, 6) is -0.0262. The molecule has 1 aromatic carbocycles. The van der Waals surface area contributed by atoms with Crippen molar-refractivity contribution in [3.05, 3.63) is 68.5 Å². The number of hydrogen-bond acceptors (Lipinski definition) is 4. The number of fused-ring (bicyclic) bond motifs is 2. The molecule has 1 aliphatic heterocycles. The molecule has 0 fully saturated rings. The molecule has 2 aromatic rings. The maximum absolute atomic E-state index is 10.3. The first-order chi connectivity index (χ1) is 14.0. The molecule has 1 aromatic heterocycles. The Balaban J connectivity index is 1.78. The monoisotopic (exact) mass is 427 g/mol. The van der Waals surface area contributed by atoms with E-state index in [1.54, 1.807) is 6.20 Å². The second kappa shape index (κ2) is 8.79. The molecule has 1 aliphatic carbocycles. The van der Waals surface area contributed by atoms with E-state index in [1.807, 2.05) is 18.2 Å². The van der Waals surface area contributed by atoms with E-state index in [0.29, 0.717) is 35.0 Å². The van der Waals surface area contributed by atoms with Crippen molar-refractivity contribution in [2.45, 2.75) is 37.8 Å². The van der Waals surface area contributed by atoms with Crippen molar-refractivity contribution in [2.24, 2.45) is 5.73 Å². The van der Waals surface area contributed by atoms with Crippen LogP contribution in [0.4, 0.5) is 0 Å². The fraction of sp³-hybridized carbons (Fsp3) is 0.409. The summed E-state index contributed by atoms with van der Waals surface area (Å²) in [6.07, 6.45) is 6.52. The van der Waals surface area contributed by atoms with E-state index in [4.69, 9.17) is 41.8 Å². The van der Waals surface area contributed by atoms with Gasteiger partial charge >= 0.3 is 0 Å². The Morgan fingerprint density at radius 3 is 2.72 bits per heavy atom. The van der Waals surface area contributed by atoms with E-state index in [9.17, 15) is 5.11 Å². The predicted octanol–water partition coefficient (Wildman–Crippen LogP) is 2.71. The summed E-state index contributed by atoms with van der Waals surface area (Å²) >= 11 is 13.0. The van der Waals surface area contributed by atoms with Crippen LogP contribution in [-0.4, -0.2) is 48.7 Å². The smallest absolute Gasteiger partial charge is 0.115 e. The number of halogens is 2. The zero-order valence-electron chi connectivity index (χ0n) is 16.2. The molecular weight excluding hydrogens is 404 g/mol. The molecule has 2 radical (unpaired) electrons. The van der Waals surface area contributed by atoms with Crippen LogP contribution in [0.2, 0.25) is 10.0 Å². The quantitative estimate of drug-likeness (QED) is 0.581. The zero-order valence-corrected chi connectivity index (χ0v) is 17.8. The lowest BCUT2D eigenvalue weighted by Gasteiger charge is -2.33. The molecule has 0 spiro atoms. The van der Waals surface area contributed by atoms with Gasteiger partial charge < -0.3 is 10.8 Å². The number of aromatic nitrogens is 1. The van der Waals surface area contributed by atoms with Crippen LogP contribution < -0.4 is 11.2 Å². The number of pyridine rings is 1. The fourth-order valence-corrected chi connectivity index (χ4v) is 5.14. The molecule has 2 unspecified atom stereocenters. The lowest BCUT2D eigenvalue weighted by molar-refractivity contribution is 0.00483. The summed E-state index contributed by atoms with van der Waals surface area (Å²) in [5.41, 5.74) is 12.0. The van der Waals surface area contributed by atoms with E-state index in [1.165, 1.54) is 5.57 Å². The largest absolute Gasteiger partial charge is 0.378 e. The maximum Gasteiger partial charge on any atom is 0.115 e. The number of aliphatic hydroxyl groups is 1. The number of nitrogens with zero attached hydrogens (tertiary/aromatic N) is 2. The molecular formula is C22H24BCl2N3O. The van der Waals surface area contributed by atoms with Crippen molar-refractivity contribution in [1.82, 2.24) is 9.88 Å². The van der Waals surface area contributed by atoms with Gasteiger partial charge in [-0.15, -0.1) is 0 Å². The van der Waals surface area contributed by atoms with Crippen molar-refractivity contribution < 1.29 is 5.11 Å². The van der Waals surface area contributed by atoms with Gasteiger partial charge in [0.15, 0.2) is 0 Å². The van der Waals surface area contributed by atoms with Gasteiger partial charge in [-0.3, -0.25) is 9.88 Å². The summed E-state index contributed by atoms with van der Waals surface area (Å²) in [4.78, 5) is 6.79. The first-order valence-corrected chi connectivity index (χ1v) is 10.8. The molecule has 7 heteroatoms. The zero-order chi connectivity index (χ0) is 20.5. The highest BCUT2D eigenvalue weighted by Crippen LogP contribution is 2.44. The Hall–Kier alpha value is -1.37. The van der Waals surface area contributed by atoms with Gasteiger partial charge in [-0.1, -0.05) is 46.4 Å². The van der Waals surface area contributed by atoms with Crippen molar-refractivity contribution in [3.8, 4) is 0 Å². The number of aliphatic hydroxyl groups excluding tert-OH is 1. The van der Waals surface area contributed by atoms with E-state index < -0.39 is 6.23 Å². The van der Waals surface area contributed by atoms with E-state index >= 15 is 0 Å². The average Bonchev–Trinajstić information content (AvgIpc) is 2.85. The van der Waals surface area contributed by atoms with Gasteiger partial charge in [0.05, 0.1) is 5.69 Å². The third-order valence-corrected chi connectivity index (χ3v) is 6.45. The topological polar surface area (TPSA) is 62.4 Å². The first kappa shape index (κ1) is 20.9. The molecule has 4 nitrogen and oxygen atoms in total. The van der Waals surface area contributed by atoms with Gasteiger partial charge in [0, 0.05) is 35.2 Å². The molecule has 0 amide bonds. The molecule has 0 bridgehead atoms. The summed E-state index contributed by atoms with van der Waals surface area (Å²) in [6, 6.07) is 5.86. The van der Waals surface area contributed by atoms with Crippen LogP contribution in [0.25, 0.3) is 0 Å². The highest BCUT2D eigenvalue weighted by atomic mass is 35.5. The van der Waals surface area contributed by atoms with Crippen LogP contribution in [0.15, 0.2) is 36.0 Å². The number of rotatable bonds is 4. The van der Waals surface area contributed by atoms with Gasteiger partial charge in [-0.25, -0.2) is 0 Å². The predicted molar refractivity (Wildman–Crippen MR) is 119 cm³/mol. The van der Waals surface area contributed by atoms with Crippen LogP contribution in [0.5, 0.6) is 0 Å². The van der Waals surface area contributed by atoms with Crippen LogP contribution in [0.3, 0.4) is 0 Å². The van der Waals surface area contributed by atoms with Crippen LogP contribution in [0, 0.1) is 0 Å². The van der Waals surface area contributed by atoms with Crippen LogP contribution in [0.1, 0.15) is 41.1 Å². The number of aryl methyl sites for hydroxylation is 2. The van der Waals surface area contributed by atoms with Gasteiger partial charge in [-0.05, 0) is 61.1 Å².